The average molecular weight is 155 g/mol. The summed E-state index contributed by atoms with van der Waals surface area (Å²) in [5.41, 5.74) is 0. The Morgan fingerprint density at radius 3 is 2.50 bits per heavy atom. The number of nitrogens with zero attached hydrogens (tertiary/aromatic N) is 1. The zero-order chi connectivity index (χ0) is 7.40. The molecule has 1 aliphatic rings. The van der Waals surface area contributed by atoms with Gasteiger partial charge in [-0.3, -0.25) is 0 Å². The fourth-order valence-electron chi connectivity index (χ4n) is 1.38. The Kier molecular flexibility index (Phi) is 3.16. The predicted molar refractivity (Wildman–Crippen MR) is 48.8 cm³/mol. The number of rotatable bonds is 2. The largest absolute Gasteiger partial charge is 0.325 e. The van der Waals surface area contributed by atoms with Crippen LogP contribution in [0.3, 0.4) is 0 Å². The van der Waals surface area contributed by atoms with E-state index in [0.29, 0.717) is 0 Å². The van der Waals surface area contributed by atoms with Gasteiger partial charge in [-0.15, -0.1) is 0 Å². The fraction of sp³-hybridized carbons (Fsp3) is 0.750. The van der Waals surface area contributed by atoms with Gasteiger partial charge >= 0.3 is 0 Å². The fourth-order valence-corrected chi connectivity index (χ4v) is 3.04. The minimum absolute atomic E-state index is 0.00656. The molecule has 1 nitrogen and oxygen atoms in total. The van der Waals surface area contributed by atoms with E-state index in [9.17, 15) is 0 Å². The summed E-state index contributed by atoms with van der Waals surface area (Å²) in [7, 11) is 0.00656. The van der Waals surface area contributed by atoms with E-state index in [1.54, 1.807) is 5.20 Å². The maximum absolute atomic E-state index is 2.66. The first kappa shape index (κ1) is 8.02. The molecule has 0 aromatic carbocycles. The van der Waals surface area contributed by atoms with Gasteiger partial charge in [-0.2, -0.15) is 0 Å². The van der Waals surface area contributed by atoms with Gasteiger partial charge in [0.1, 0.15) is 9.68 Å². The van der Waals surface area contributed by atoms with E-state index in [-0.39, 0.29) is 9.68 Å². The predicted octanol–water partition coefficient (Wildman–Crippen LogP) is 1.09. The van der Waals surface area contributed by atoms with E-state index in [0.717, 1.165) is 0 Å². The Labute approximate surface area is 66.0 Å². The maximum atomic E-state index is 2.66. The van der Waals surface area contributed by atoms with Crippen LogP contribution < -0.4 is 0 Å². The third-order valence-electron chi connectivity index (χ3n) is 2.16. The minimum atomic E-state index is 0.00656. The van der Waals surface area contributed by atoms with Crippen molar-refractivity contribution in [1.82, 2.24) is 4.57 Å². The molecule has 10 heavy (non-hydrogen) atoms. The molecule has 0 aromatic heterocycles. The maximum Gasteiger partial charge on any atom is 0.122 e. The van der Waals surface area contributed by atoms with E-state index < -0.39 is 0 Å². The second-order valence-electron chi connectivity index (χ2n) is 3.12. The average Bonchev–Trinajstić information content (AvgIpc) is 2.40. The van der Waals surface area contributed by atoms with E-state index in [4.69, 9.17) is 0 Å². The smallest absolute Gasteiger partial charge is 0.122 e. The molecular weight excluding hydrogens is 138 g/mol. The van der Waals surface area contributed by atoms with Crippen LogP contribution in [0.25, 0.3) is 0 Å². The molecule has 0 unspecified atom stereocenters. The molecule has 1 fully saturated rings. The SMILES string of the molecule is CC=C(C)[SiH2]N1CCCC1. The summed E-state index contributed by atoms with van der Waals surface area (Å²) in [5.74, 6) is 0. The van der Waals surface area contributed by atoms with Gasteiger partial charge in [0.25, 0.3) is 0 Å². The lowest BCUT2D eigenvalue weighted by Gasteiger charge is -2.13. The van der Waals surface area contributed by atoms with Crippen molar-refractivity contribution in [2.24, 2.45) is 0 Å². The Morgan fingerprint density at radius 2 is 2.00 bits per heavy atom. The molecule has 1 aliphatic heterocycles. The van der Waals surface area contributed by atoms with Crippen molar-refractivity contribution < 1.29 is 0 Å². The van der Waals surface area contributed by atoms with E-state index >= 15 is 0 Å². The van der Waals surface area contributed by atoms with Crippen LogP contribution in [-0.4, -0.2) is 27.3 Å². The molecule has 2 heteroatoms. The first-order valence-corrected chi connectivity index (χ1v) is 5.51. The molecule has 1 saturated heterocycles. The molecule has 1 rings (SSSR count). The lowest BCUT2D eigenvalue weighted by molar-refractivity contribution is 0.554. The summed E-state index contributed by atoms with van der Waals surface area (Å²) in [6.07, 6.45) is 5.14. The normalized spacial score (nSPS) is 23.2. The summed E-state index contributed by atoms with van der Waals surface area (Å²) in [6.45, 7) is 7.16. The molecule has 0 radical (unpaired) electrons. The lowest BCUT2D eigenvalue weighted by Crippen LogP contribution is -2.24. The van der Waals surface area contributed by atoms with Crippen LogP contribution >= 0.6 is 0 Å². The second-order valence-corrected chi connectivity index (χ2v) is 5.44. The lowest BCUT2D eigenvalue weighted by atomic mass is 10.4. The highest BCUT2D eigenvalue weighted by atomic mass is 28.2. The van der Waals surface area contributed by atoms with E-state index in [1.807, 2.05) is 0 Å². The van der Waals surface area contributed by atoms with Gasteiger partial charge in [-0.25, -0.2) is 0 Å². The molecule has 0 aromatic rings. The summed E-state index contributed by atoms with van der Waals surface area (Å²) in [4.78, 5) is 0. The number of hydrogen-bond donors (Lipinski definition) is 0. The summed E-state index contributed by atoms with van der Waals surface area (Å²) in [6, 6.07) is 0. The van der Waals surface area contributed by atoms with Gasteiger partial charge in [0, 0.05) is 0 Å². The topological polar surface area (TPSA) is 3.24 Å². The van der Waals surface area contributed by atoms with Crippen molar-refractivity contribution in [3.05, 3.63) is 11.3 Å². The molecule has 0 N–H and O–H groups in total. The standard InChI is InChI=1S/C8H17NSi/c1-3-8(2)10-9-6-4-5-7-9/h3H,4-7,10H2,1-2H3. The molecule has 0 bridgehead atoms. The summed E-state index contributed by atoms with van der Waals surface area (Å²) >= 11 is 0. The molecule has 0 aliphatic carbocycles. The van der Waals surface area contributed by atoms with Gasteiger partial charge in [0.05, 0.1) is 0 Å². The Morgan fingerprint density at radius 1 is 1.40 bits per heavy atom. The zero-order valence-electron chi connectivity index (χ0n) is 7.06. The van der Waals surface area contributed by atoms with E-state index in [2.05, 4.69) is 24.5 Å². The molecule has 0 spiro atoms. The first-order chi connectivity index (χ1) is 4.83. The quantitative estimate of drug-likeness (QED) is 0.540. The zero-order valence-corrected chi connectivity index (χ0v) is 8.47. The van der Waals surface area contributed by atoms with Crippen LogP contribution in [0.2, 0.25) is 0 Å². The van der Waals surface area contributed by atoms with Crippen LogP contribution in [0.15, 0.2) is 11.3 Å². The molecule has 0 saturated carbocycles. The van der Waals surface area contributed by atoms with Crippen molar-refractivity contribution in [1.29, 1.82) is 0 Å². The number of hydrogen-bond acceptors (Lipinski definition) is 1. The van der Waals surface area contributed by atoms with Gasteiger partial charge < -0.3 is 4.57 Å². The van der Waals surface area contributed by atoms with Crippen LogP contribution in [0.4, 0.5) is 0 Å². The van der Waals surface area contributed by atoms with Crippen LogP contribution in [0.1, 0.15) is 26.7 Å². The van der Waals surface area contributed by atoms with Gasteiger partial charge in [0.2, 0.25) is 0 Å². The highest BCUT2D eigenvalue weighted by Gasteiger charge is 2.10. The molecule has 0 amide bonds. The van der Waals surface area contributed by atoms with E-state index in [1.165, 1.54) is 25.9 Å². The van der Waals surface area contributed by atoms with Crippen LogP contribution in [-0.2, 0) is 0 Å². The highest BCUT2D eigenvalue weighted by Crippen LogP contribution is 2.07. The van der Waals surface area contributed by atoms with Gasteiger partial charge in [-0.05, 0) is 39.8 Å². The van der Waals surface area contributed by atoms with Crippen molar-refractivity contribution in [3.63, 3.8) is 0 Å². The second kappa shape index (κ2) is 3.94. The highest BCUT2D eigenvalue weighted by molar-refractivity contribution is 6.41. The Bertz CT molecular complexity index is 125. The minimum Gasteiger partial charge on any atom is -0.325 e. The van der Waals surface area contributed by atoms with Crippen LogP contribution in [0.5, 0.6) is 0 Å². The first-order valence-electron chi connectivity index (χ1n) is 4.17. The van der Waals surface area contributed by atoms with Crippen molar-refractivity contribution in [3.8, 4) is 0 Å². The van der Waals surface area contributed by atoms with Crippen LogP contribution in [0, 0.1) is 0 Å². The van der Waals surface area contributed by atoms with Gasteiger partial charge in [-0.1, -0.05) is 11.3 Å². The molecule has 1 heterocycles. The Hall–Kier alpha value is -0.0831. The third-order valence-corrected chi connectivity index (χ3v) is 4.15. The monoisotopic (exact) mass is 155 g/mol. The Balaban J connectivity index is 2.24. The van der Waals surface area contributed by atoms with Crippen molar-refractivity contribution >= 4 is 9.68 Å². The van der Waals surface area contributed by atoms with Crippen molar-refractivity contribution in [2.45, 2.75) is 26.7 Å². The van der Waals surface area contributed by atoms with Gasteiger partial charge in [0.15, 0.2) is 0 Å². The molecular formula is C8H17NSi. The summed E-state index contributed by atoms with van der Waals surface area (Å²) < 4.78 is 2.66. The third kappa shape index (κ3) is 2.27. The molecule has 0 atom stereocenters. The number of allylic oxidation sites excluding steroid dienone is 2. The van der Waals surface area contributed by atoms with Crippen molar-refractivity contribution in [2.75, 3.05) is 13.1 Å². The molecule has 58 valence electrons. The summed E-state index contributed by atoms with van der Waals surface area (Å²) in [5, 5.41) is 1.64.